The predicted molar refractivity (Wildman–Crippen MR) is 119 cm³/mol. The highest BCUT2D eigenvalue weighted by molar-refractivity contribution is 5.84. The van der Waals surface area contributed by atoms with Gasteiger partial charge in [-0.2, -0.15) is 0 Å². The minimum Gasteiger partial charge on any atom is -0.368 e. The molecule has 1 unspecified atom stereocenters. The Hall–Kier alpha value is -3.46. The van der Waals surface area contributed by atoms with Gasteiger partial charge in [-0.05, 0) is 24.3 Å². The number of piperazine rings is 1. The lowest BCUT2D eigenvalue weighted by atomic mass is 10.2. The Morgan fingerprint density at radius 2 is 1.66 bits per heavy atom. The lowest BCUT2D eigenvalue weighted by Gasteiger charge is -2.39. The largest absolute Gasteiger partial charge is 0.368 e. The number of fused-ring (bicyclic) bond motifs is 1. The van der Waals surface area contributed by atoms with E-state index in [0.717, 1.165) is 24.1 Å². The van der Waals surface area contributed by atoms with Gasteiger partial charge in [0.1, 0.15) is 12.1 Å². The van der Waals surface area contributed by atoms with E-state index in [1.165, 1.54) is 5.69 Å². The monoisotopic (exact) mass is 434 g/mol. The number of carbonyl (C=O) groups excluding carboxylic acids is 2. The molecule has 2 fully saturated rings. The normalized spacial score (nSPS) is 19.4. The standard InChI is InChI=1S/C23H26N6O3/c30-22(17-29-20-9-5-4-8-19(20)24-25-29)28-14-15-32-21(16-28)23(31)27-12-10-26(11-13-27)18-6-2-1-3-7-18/h1-9,21H,10-17H2. The van der Waals surface area contributed by atoms with Gasteiger partial charge in [-0.25, -0.2) is 4.68 Å². The molecule has 1 aromatic heterocycles. The fourth-order valence-corrected chi connectivity index (χ4v) is 4.31. The molecule has 3 heterocycles. The molecule has 0 saturated carbocycles. The van der Waals surface area contributed by atoms with Crippen molar-refractivity contribution in [3.05, 3.63) is 54.6 Å². The molecule has 2 aliphatic heterocycles. The lowest BCUT2D eigenvalue weighted by molar-refractivity contribution is -0.154. The van der Waals surface area contributed by atoms with Crippen molar-refractivity contribution in [2.75, 3.05) is 50.8 Å². The molecule has 2 saturated heterocycles. The first-order chi connectivity index (χ1) is 15.7. The van der Waals surface area contributed by atoms with Crippen LogP contribution in [0.25, 0.3) is 11.0 Å². The van der Waals surface area contributed by atoms with Crippen LogP contribution in [0.15, 0.2) is 54.6 Å². The van der Waals surface area contributed by atoms with Crippen LogP contribution in [0.3, 0.4) is 0 Å². The minimum absolute atomic E-state index is 0.0404. The Kier molecular flexibility index (Phi) is 5.72. The summed E-state index contributed by atoms with van der Waals surface area (Å²) >= 11 is 0. The molecule has 0 bridgehead atoms. The van der Waals surface area contributed by atoms with Gasteiger partial charge in [0, 0.05) is 38.4 Å². The summed E-state index contributed by atoms with van der Waals surface area (Å²) in [7, 11) is 0. The smallest absolute Gasteiger partial charge is 0.253 e. The zero-order valence-electron chi connectivity index (χ0n) is 17.8. The van der Waals surface area contributed by atoms with Crippen LogP contribution in [-0.2, 0) is 20.9 Å². The summed E-state index contributed by atoms with van der Waals surface area (Å²) < 4.78 is 7.36. The molecule has 9 heteroatoms. The third kappa shape index (κ3) is 4.16. The van der Waals surface area contributed by atoms with Crippen LogP contribution >= 0.6 is 0 Å². The minimum atomic E-state index is -0.622. The summed E-state index contributed by atoms with van der Waals surface area (Å²) in [6.07, 6.45) is -0.622. The summed E-state index contributed by atoms with van der Waals surface area (Å²) in [5.74, 6) is -0.128. The van der Waals surface area contributed by atoms with E-state index >= 15 is 0 Å². The number of nitrogens with zero attached hydrogens (tertiary/aromatic N) is 6. The first-order valence-electron chi connectivity index (χ1n) is 11.0. The number of amides is 2. The highest BCUT2D eigenvalue weighted by Gasteiger charge is 2.33. The Balaban J connectivity index is 1.17. The average Bonchev–Trinajstić information content (AvgIpc) is 3.27. The molecule has 166 valence electrons. The van der Waals surface area contributed by atoms with Crippen LogP contribution in [-0.4, -0.2) is 88.6 Å². The molecular weight excluding hydrogens is 408 g/mol. The second-order valence-corrected chi connectivity index (χ2v) is 8.08. The van der Waals surface area contributed by atoms with Crippen molar-refractivity contribution in [3.8, 4) is 0 Å². The van der Waals surface area contributed by atoms with Crippen LogP contribution in [0.2, 0.25) is 0 Å². The molecule has 5 rings (SSSR count). The number of rotatable bonds is 4. The number of hydrogen-bond donors (Lipinski definition) is 0. The quantitative estimate of drug-likeness (QED) is 0.610. The first kappa shape index (κ1) is 20.4. The van der Waals surface area contributed by atoms with Crippen LogP contribution in [0, 0.1) is 0 Å². The van der Waals surface area contributed by atoms with Gasteiger partial charge in [0.25, 0.3) is 5.91 Å². The number of hydrogen-bond acceptors (Lipinski definition) is 6. The van der Waals surface area contributed by atoms with E-state index in [1.807, 2.05) is 47.4 Å². The third-order valence-corrected chi connectivity index (χ3v) is 6.11. The Bertz CT molecular complexity index is 1090. The molecule has 0 aliphatic carbocycles. The molecule has 9 nitrogen and oxygen atoms in total. The molecule has 2 aromatic carbocycles. The average molecular weight is 435 g/mol. The Morgan fingerprint density at radius 1 is 0.906 bits per heavy atom. The van der Waals surface area contributed by atoms with Gasteiger partial charge < -0.3 is 19.4 Å². The van der Waals surface area contributed by atoms with Crippen molar-refractivity contribution in [2.24, 2.45) is 0 Å². The zero-order valence-corrected chi connectivity index (χ0v) is 17.8. The van der Waals surface area contributed by atoms with E-state index < -0.39 is 6.10 Å². The zero-order chi connectivity index (χ0) is 21.9. The summed E-state index contributed by atoms with van der Waals surface area (Å²) in [4.78, 5) is 31.8. The number of aromatic nitrogens is 3. The summed E-state index contributed by atoms with van der Waals surface area (Å²) in [5, 5.41) is 8.20. The fraction of sp³-hybridized carbons (Fsp3) is 0.391. The summed E-state index contributed by atoms with van der Waals surface area (Å²) in [5.41, 5.74) is 2.74. The molecule has 1 atom stereocenters. The summed E-state index contributed by atoms with van der Waals surface area (Å²) in [6, 6.07) is 17.8. The molecular formula is C23H26N6O3. The molecule has 0 N–H and O–H groups in total. The molecule has 2 amide bonds. The van der Waals surface area contributed by atoms with E-state index in [1.54, 1.807) is 9.58 Å². The molecule has 0 spiro atoms. The number of morpholine rings is 1. The van der Waals surface area contributed by atoms with Gasteiger partial charge in [0.05, 0.1) is 18.7 Å². The van der Waals surface area contributed by atoms with Gasteiger partial charge in [-0.3, -0.25) is 9.59 Å². The maximum atomic E-state index is 13.1. The second kappa shape index (κ2) is 8.96. The molecule has 3 aromatic rings. The number of anilines is 1. The highest BCUT2D eigenvalue weighted by Crippen LogP contribution is 2.17. The van der Waals surface area contributed by atoms with Crippen LogP contribution in [0.1, 0.15) is 0 Å². The molecule has 0 radical (unpaired) electrons. The van der Waals surface area contributed by atoms with E-state index in [-0.39, 0.29) is 24.9 Å². The fourth-order valence-electron chi connectivity index (χ4n) is 4.31. The van der Waals surface area contributed by atoms with Crippen LogP contribution in [0.5, 0.6) is 0 Å². The van der Waals surface area contributed by atoms with Crippen molar-refractivity contribution in [1.82, 2.24) is 24.8 Å². The Morgan fingerprint density at radius 3 is 2.47 bits per heavy atom. The summed E-state index contributed by atoms with van der Waals surface area (Å²) in [6.45, 7) is 4.04. The van der Waals surface area contributed by atoms with Gasteiger partial charge in [-0.1, -0.05) is 35.5 Å². The number of para-hydroxylation sites is 2. The number of benzene rings is 2. The predicted octanol–water partition coefficient (Wildman–Crippen LogP) is 1.01. The van der Waals surface area contributed by atoms with Gasteiger partial charge in [-0.15, -0.1) is 5.10 Å². The molecule has 32 heavy (non-hydrogen) atoms. The SMILES string of the molecule is O=C(Cn1nnc2ccccc21)N1CCOC(C(=O)N2CCN(c3ccccc3)CC2)C1. The van der Waals surface area contributed by atoms with Crippen molar-refractivity contribution < 1.29 is 14.3 Å². The van der Waals surface area contributed by atoms with E-state index in [4.69, 9.17) is 4.74 Å². The number of carbonyl (C=O) groups is 2. The Labute approximate surface area is 186 Å². The van der Waals surface area contributed by atoms with Crippen molar-refractivity contribution >= 4 is 28.5 Å². The topological polar surface area (TPSA) is 83.8 Å². The third-order valence-electron chi connectivity index (χ3n) is 6.11. The van der Waals surface area contributed by atoms with Gasteiger partial charge in [0.2, 0.25) is 5.91 Å². The van der Waals surface area contributed by atoms with Crippen LogP contribution in [0.4, 0.5) is 5.69 Å². The second-order valence-electron chi connectivity index (χ2n) is 8.08. The van der Waals surface area contributed by atoms with Crippen molar-refractivity contribution in [1.29, 1.82) is 0 Å². The van der Waals surface area contributed by atoms with Crippen LogP contribution < -0.4 is 4.90 Å². The van der Waals surface area contributed by atoms with E-state index in [9.17, 15) is 9.59 Å². The molecule has 2 aliphatic rings. The first-order valence-corrected chi connectivity index (χ1v) is 11.0. The lowest BCUT2D eigenvalue weighted by Crippen LogP contribution is -2.56. The van der Waals surface area contributed by atoms with Crippen molar-refractivity contribution in [2.45, 2.75) is 12.6 Å². The van der Waals surface area contributed by atoms with Gasteiger partial charge in [0.15, 0.2) is 6.10 Å². The highest BCUT2D eigenvalue weighted by atomic mass is 16.5. The number of ether oxygens (including phenoxy) is 1. The maximum Gasteiger partial charge on any atom is 0.253 e. The van der Waals surface area contributed by atoms with E-state index in [0.29, 0.717) is 26.2 Å². The van der Waals surface area contributed by atoms with Crippen molar-refractivity contribution in [3.63, 3.8) is 0 Å². The van der Waals surface area contributed by atoms with Gasteiger partial charge >= 0.3 is 0 Å². The van der Waals surface area contributed by atoms with E-state index in [2.05, 4.69) is 27.3 Å². The maximum absolute atomic E-state index is 13.1.